The van der Waals surface area contributed by atoms with Crippen LogP contribution in [0.5, 0.6) is 5.75 Å². The van der Waals surface area contributed by atoms with Gasteiger partial charge in [0.1, 0.15) is 5.75 Å². The van der Waals surface area contributed by atoms with E-state index in [1.54, 1.807) is 7.11 Å². The second-order valence-corrected chi connectivity index (χ2v) is 5.46. The first kappa shape index (κ1) is 16.1. The maximum atomic E-state index is 11.8. The molecule has 0 aromatic heterocycles. The third-order valence-corrected chi connectivity index (χ3v) is 3.64. The summed E-state index contributed by atoms with van der Waals surface area (Å²) in [6.07, 6.45) is 2.37. The summed E-state index contributed by atoms with van der Waals surface area (Å²) in [6.45, 7) is 2.64. The number of hydrogen-bond donors (Lipinski definition) is 1. The number of amides is 1. The molecule has 0 spiro atoms. The maximum absolute atomic E-state index is 11.8. The smallest absolute Gasteiger partial charge is 0.220 e. The molecule has 0 heterocycles. The average Bonchev–Trinajstić information content (AvgIpc) is 2.55. The number of hydrogen-bond acceptors (Lipinski definition) is 2. The number of benzene rings is 2. The van der Waals surface area contributed by atoms with Crippen molar-refractivity contribution in [1.29, 1.82) is 0 Å². The Morgan fingerprint density at radius 3 is 2.27 bits per heavy atom. The van der Waals surface area contributed by atoms with Crippen molar-refractivity contribution >= 4 is 5.91 Å². The standard InChI is InChI=1S/C19H23NO2/c1-15-6-8-16(9-7-15)4-3-5-19(21)20-14-17-10-12-18(22-2)13-11-17/h6-13H,3-5,14H2,1-2H3,(H,20,21). The molecule has 2 aromatic rings. The van der Waals surface area contributed by atoms with Crippen molar-refractivity contribution in [2.75, 3.05) is 7.11 Å². The number of aryl methyl sites for hydroxylation is 2. The highest BCUT2D eigenvalue weighted by atomic mass is 16.5. The van der Waals surface area contributed by atoms with Crippen LogP contribution >= 0.6 is 0 Å². The summed E-state index contributed by atoms with van der Waals surface area (Å²) >= 11 is 0. The van der Waals surface area contributed by atoms with E-state index in [-0.39, 0.29) is 5.91 Å². The third-order valence-electron chi connectivity index (χ3n) is 3.64. The van der Waals surface area contributed by atoms with Gasteiger partial charge in [-0.3, -0.25) is 4.79 Å². The average molecular weight is 297 g/mol. The maximum Gasteiger partial charge on any atom is 0.220 e. The minimum absolute atomic E-state index is 0.0999. The molecule has 0 atom stereocenters. The molecule has 0 bridgehead atoms. The van der Waals surface area contributed by atoms with Gasteiger partial charge in [0.05, 0.1) is 7.11 Å². The van der Waals surface area contributed by atoms with Crippen LogP contribution in [-0.2, 0) is 17.8 Å². The van der Waals surface area contributed by atoms with Gasteiger partial charge < -0.3 is 10.1 Å². The molecule has 0 aliphatic heterocycles. The molecule has 2 aromatic carbocycles. The fourth-order valence-electron chi connectivity index (χ4n) is 2.24. The van der Waals surface area contributed by atoms with Gasteiger partial charge >= 0.3 is 0 Å². The minimum Gasteiger partial charge on any atom is -0.497 e. The normalized spacial score (nSPS) is 10.3. The van der Waals surface area contributed by atoms with E-state index in [9.17, 15) is 4.79 Å². The van der Waals surface area contributed by atoms with Crippen molar-refractivity contribution in [3.63, 3.8) is 0 Å². The van der Waals surface area contributed by atoms with Gasteiger partial charge in [0.15, 0.2) is 0 Å². The van der Waals surface area contributed by atoms with Crippen LogP contribution in [-0.4, -0.2) is 13.0 Å². The number of rotatable bonds is 7. The zero-order valence-electron chi connectivity index (χ0n) is 13.3. The molecule has 0 saturated carbocycles. The van der Waals surface area contributed by atoms with E-state index < -0.39 is 0 Å². The van der Waals surface area contributed by atoms with Crippen LogP contribution in [0.4, 0.5) is 0 Å². The van der Waals surface area contributed by atoms with Crippen LogP contribution in [0.2, 0.25) is 0 Å². The van der Waals surface area contributed by atoms with Crippen LogP contribution in [0.15, 0.2) is 48.5 Å². The lowest BCUT2D eigenvalue weighted by Gasteiger charge is -2.07. The molecular formula is C19H23NO2. The predicted molar refractivity (Wildman–Crippen MR) is 89.0 cm³/mol. The Hall–Kier alpha value is -2.29. The number of methoxy groups -OCH3 is 1. The van der Waals surface area contributed by atoms with E-state index in [4.69, 9.17) is 4.74 Å². The predicted octanol–water partition coefficient (Wildman–Crippen LogP) is 3.64. The highest BCUT2D eigenvalue weighted by molar-refractivity contribution is 5.75. The van der Waals surface area contributed by atoms with Crippen LogP contribution in [0.25, 0.3) is 0 Å². The van der Waals surface area contributed by atoms with Gasteiger partial charge in [-0.05, 0) is 43.0 Å². The summed E-state index contributed by atoms with van der Waals surface area (Å²) in [7, 11) is 1.64. The molecule has 3 heteroatoms. The lowest BCUT2D eigenvalue weighted by atomic mass is 10.1. The summed E-state index contributed by atoms with van der Waals surface area (Å²) in [4.78, 5) is 11.8. The molecule has 0 aliphatic rings. The molecule has 0 unspecified atom stereocenters. The molecule has 3 nitrogen and oxygen atoms in total. The van der Waals surface area contributed by atoms with Gasteiger partial charge in [-0.1, -0.05) is 42.0 Å². The van der Waals surface area contributed by atoms with Gasteiger partial charge in [-0.25, -0.2) is 0 Å². The molecule has 22 heavy (non-hydrogen) atoms. The van der Waals surface area contributed by atoms with Crippen LogP contribution < -0.4 is 10.1 Å². The van der Waals surface area contributed by atoms with Crippen LogP contribution in [0.3, 0.4) is 0 Å². The van der Waals surface area contributed by atoms with E-state index in [1.165, 1.54) is 11.1 Å². The third kappa shape index (κ3) is 5.24. The zero-order chi connectivity index (χ0) is 15.8. The van der Waals surface area contributed by atoms with E-state index in [0.29, 0.717) is 13.0 Å². The van der Waals surface area contributed by atoms with Gasteiger partial charge in [-0.2, -0.15) is 0 Å². The van der Waals surface area contributed by atoms with E-state index in [0.717, 1.165) is 24.2 Å². The molecule has 1 amide bonds. The first-order chi connectivity index (χ1) is 10.7. The molecule has 0 aliphatic carbocycles. The summed E-state index contributed by atoms with van der Waals surface area (Å²) in [6, 6.07) is 16.2. The molecule has 0 radical (unpaired) electrons. The summed E-state index contributed by atoms with van der Waals surface area (Å²) in [5.74, 6) is 0.927. The first-order valence-electron chi connectivity index (χ1n) is 7.62. The first-order valence-corrected chi connectivity index (χ1v) is 7.62. The van der Waals surface area contributed by atoms with E-state index >= 15 is 0 Å². The molecule has 1 N–H and O–H groups in total. The quantitative estimate of drug-likeness (QED) is 0.847. The van der Waals surface area contributed by atoms with Gasteiger partial charge in [-0.15, -0.1) is 0 Å². The Morgan fingerprint density at radius 2 is 1.64 bits per heavy atom. The molecule has 0 fully saturated rings. The van der Waals surface area contributed by atoms with Gasteiger partial charge in [0.2, 0.25) is 5.91 Å². The molecule has 116 valence electrons. The largest absolute Gasteiger partial charge is 0.497 e. The van der Waals surface area contributed by atoms with Gasteiger partial charge in [0, 0.05) is 13.0 Å². The van der Waals surface area contributed by atoms with Crippen molar-refractivity contribution in [2.45, 2.75) is 32.7 Å². The van der Waals surface area contributed by atoms with Gasteiger partial charge in [0.25, 0.3) is 0 Å². The van der Waals surface area contributed by atoms with Crippen molar-refractivity contribution in [3.05, 3.63) is 65.2 Å². The topological polar surface area (TPSA) is 38.3 Å². The summed E-state index contributed by atoms with van der Waals surface area (Å²) < 4.78 is 5.11. The fraction of sp³-hybridized carbons (Fsp3) is 0.316. The van der Waals surface area contributed by atoms with Crippen molar-refractivity contribution < 1.29 is 9.53 Å². The highest BCUT2D eigenvalue weighted by Gasteiger charge is 2.02. The van der Waals surface area contributed by atoms with Crippen LogP contribution in [0, 0.1) is 6.92 Å². The minimum atomic E-state index is 0.0999. The summed E-state index contributed by atoms with van der Waals surface area (Å²) in [5.41, 5.74) is 3.63. The number of nitrogens with one attached hydrogen (secondary N) is 1. The number of carbonyl (C=O) groups is 1. The summed E-state index contributed by atoms with van der Waals surface area (Å²) in [5, 5.41) is 2.95. The van der Waals surface area contributed by atoms with E-state index in [2.05, 4.69) is 36.5 Å². The second-order valence-electron chi connectivity index (χ2n) is 5.46. The second kappa shape index (κ2) is 8.23. The van der Waals surface area contributed by atoms with Crippen molar-refractivity contribution in [2.24, 2.45) is 0 Å². The van der Waals surface area contributed by atoms with Crippen molar-refractivity contribution in [1.82, 2.24) is 5.32 Å². The number of carbonyl (C=O) groups excluding carboxylic acids is 1. The SMILES string of the molecule is COc1ccc(CNC(=O)CCCc2ccc(C)cc2)cc1. The Bertz CT molecular complexity index is 588. The number of ether oxygens (including phenoxy) is 1. The Labute approximate surface area is 132 Å². The fourth-order valence-corrected chi connectivity index (χ4v) is 2.24. The van der Waals surface area contributed by atoms with E-state index in [1.807, 2.05) is 24.3 Å². The van der Waals surface area contributed by atoms with Crippen molar-refractivity contribution in [3.8, 4) is 5.75 Å². The molecular weight excluding hydrogens is 274 g/mol. The Balaban J connectivity index is 1.68. The molecule has 0 saturated heterocycles. The monoisotopic (exact) mass is 297 g/mol. The molecule has 2 rings (SSSR count). The zero-order valence-corrected chi connectivity index (χ0v) is 13.3. The Morgan fingerprint density at radius 1 is 1.00 bits per heavy atom. The highest BCUT2D eigenvalue weighted by Crippen LogP contribution is 2.11. The Kier molecular flexibility index (Phi) is 6.01. The lowest BCUT2D eigenvalue weighted by Crippen LogP contribution is -2.22. The van der Waals surface area contributed by atoms with Crippen LogP contribution in [0.1, 0.15) is 29.5 Å². The lowest BCUT2D eigenvalue weighted by molar-refractivity contribution is -0.121.